The predicted molar refractivity (Wildman–Crippen MR) is 84.6 cm³/mol. The van der Waals surface area contributed by atoms with Crippen molar-refractivity contribution in [2.24, 2.45) is 23.2 Å². The van der Waals surface area contributed by atoms with Gasteiger partial charge in [0.25, 0.3) is 0 Å². The Balaban J connectivity index is 0.000000956. The molecule has 0 aromatic rings. The fourth-order valence-electron chi connectivity index (χ4n) is 4.76. The van der Waals surface area contributed by atoms with Crippen molar-refractivity contribution < 1.29 is 9.90 Å². The van der Waals surface area contributed by atoms with Crippen LogP contribution in [0.4, 0.5) is 0 Å². The van der Waals surface area contributed by atoms with E-state index in [-0.39, 0.29) is 6.10 Å². The Labute approximate surface area is 125 Å². The predicted octanol–water partition coefficient (Wildman–Crippen LogP) is 4.60. The second kappa shape index (κ2) is 7.59. The van der Waals surface area contributed by atoms with Gasteiger partial charge in [-0.15, -0.1) is 0 Å². The highest BCUT2D eigenvalue weighted by atomic mass is 16.3. The van der Waals surface area contributed by atoms with E-state index >= 15 is 0 Å². The van der Waals surface area contributed by atoms with Crippen LogP contribution in [0.15, 0.2) is 0 Å². The van der Waals surface area contributed by atoms with Gasteiger partial charge in [-0.25, -0.2) is 0 Å². The SMILES string of the molecule is CC.CC(=O)CCC(C)C1CCC2C(O)CCCC12C. The second-order valence-corrected chi connectivity index (χ2v) is 6.97. The van der Waals surface area contributed by atoms with E-state index in [2.05, 4.69) is 13.8 Å². The summed E-state index contributed by atoms with van der Waals surface area (Å²) in [5.74, 6) is 2.15. The fraction of sp³-hybridized carbons (Fsp3) is 0.944. The van der Waals surface area contributed by atoms with Crippen LogP contribution in [-0.4, -0.2) is 17.0 Å². The minimum atomic E-state index is -0.0752. The van der Waals surface area contributed by atoms with Crippen molar-refractivity contribution in [1.29, 1.82) is 0 Å². The van der Waals surface area contributed by atoms with Crippen LogP contribution in [-0.2, 0) is 4.79 Å². The van der Waals surface area contributed by atoms with Crippen molar-refractivity contribution in [2.75, 3.05) is 0 Å². The highest BCUT2D eigenvalue weighted by Crippen LogP contribution is 2.58. The van der Waals surface area contributed by atoms with Gasteiger partial charge < -0.3 is 9.90 Å². The molecule has 2 saturated carbocycles. The zero-order chi connectivity index (χ0) is 15.3. The molecule has 0 amide bonds. The van der Waals surface area contributed by atoms with Crippen molar-refractivity contribution in [3.8, 4) is 0 Å². The highest BCUT2D eigenvalue weighted by molar-refractivity contribution is 5.75. The molecule has 0 aromatic carbocycles. The maximum atomic E-state index is 11.1. The summed E-state index contributed by atoms with van der Waals surface area (Å²) in [6.45, 7) is 10.4. The van der Waals surface area contributed by atoms with Gasteiger partial charge in [0.15, 0.2) is 0 Å². The van der Waals surface area contributed by atoms with E-state index in [4.69, 9.17) is 0 Å². The summed E-state index contributed by atoms with van der Waals surface area (Å²) in [6.07, 6.45) is 7.54. The molecule has 0 heterocycles. The topological polar surface area (TPSA) is 37.3 Å². The average molecular weight is 282 g/mol. The number of hydrogen-bond donors (Lipinski definition) is 1. The van der Waals surface area contributed by atoms with Crippen molar-refractivity contribution in [2.45, 2.75) is 85.7 Å². The Hall–Kier alpha value is -0.370. The number of hydrogen-bond acceptors (Lipinski definition) is 2. The lowest BCUT2D eigenvalue weighted by Gasteiger charge is -2.45. The van der Waals surface area contributed by atoms with Gasteiger partial charge in [-0.05, 0) is 62.2 Å². The summed E-state index contributed by atoms with van der Waals surface area (Å²) >= 11 is 0. The Bertz CT molecular complexity index is 313. The highest BCUT2D eigenvalue weighted by Gasteiger charge is 2.51. The van der Waals surface area contributed by atoms with Crippen LogP contribution in [0.25, 0.3) is 0 Å². The van der Waals surface area contributed by atoms with Crippen molar-refractivity contribution >= 4 is 5.78 Å². The van der Waals surface area contributed by atoms with E-state index in [9.17, 15) is 9.90 Å². The molecule has 2 rings (SSSR count). The summed E-state index contributed by atoms with van der Waals surface area (Å²) in [4.78, 5) is 11.1. The lowest BCUT2D eigenvalue weighted by Crippen LogP contribution is -2.41. The largest absolute Gasteiger partial charge is 0.393 e. The van der Waals surface area contributed by atoms with Gasteiger partial charge in [0.05, 0.1) is 6.10 Å². The van der Waals surface area contributed by atoms with Crippen molar-refractivity contribution in [1.82, 2.24) is 0 Å². The summed E-state index contributed by atoms with van der Waals surface area (Å²) in [5.41, 5.74) is 0.327. The second-order valence-electron chi connectivity index (χ2n) is 6.97. The minimum absolute atomic E-state index is 0.0752. The molecule has 0 aliphatic heterocycles. The van der Waals surface area contributed by atoms with E-state index in [0.29, 0.717) is 29.0 Å². The third kappa shape index (κ3) is 3.63. The normalized spacial score (nSPS) is 37.6. The zero-order valence-electron chi connectivity index (χ0n) is 14.1. The Morgan fingerprint density at radius 2 is 1.95 bits per heavy atom. The molecule has 5 unspecified atom stereocenters. The van der Waals surface area contributed by atoms with Crippen molar-refractivity contribution in [3.63, 3.8) is 0 Å². The monoisotopic (exact) mass is 282 g/mol. The average Bonchev–Trinajstić information content (AvgIpc) is 2.77. The van der Waals surface area contributed by atoms with Crippen LogP contribution < -0.4 is 0 Å². The van der Waals surface area contributed by atoms with Crippen molar-refractivity contribution in [3.05, 3.63) is 0 Å². The molecule has 2 aliphatic carbocycles. The summed E-state index contributed by atoms with van der Waals surface area (Å²) < 4.78 is 0. The van der Waals surface area contributed by atoms with E-state index in [1.54, 1.807) is 6.92 Å². The van der Waals surface area contributed by atoms with Crippen LogP contribution in [0.2, 0.25) is 0 Å². The number of carbonyl (C=O) groups excluding carboxylic acids is 1. The molecular weight excluding hydrogens is 248 g/mol. The fourth-order valence-corrected chi connectivity index (χ4v) is 4.76. The number of ketones is 1. The molecule has 0 spiro atoms. The van der Waals surface area contributed by atoms with Crippen LogP contribution >= 0.6 is 0 Å². The number of rotatable bonds is 4. The third-order valence-corrected chi connectivity index (χ3v) is 5.80. The van der Waals surface area contributed by atoms with Gasteiger partial charge in [0.2, 0.25) is 0 Å². The van der Waals surface area contributed by atoms with Crippen LogP contribution in [0.5, 0.6) is 0 Å². The van der Waals surface area contributed by atoms with Gasteiger partial charge >= 0.3 is 0 Å². The first kappa shape index (κ1) is 17.7. The maximum absolute atomic E-state index is 11.1. The van der Waals surface area contributed by atoms with Gasteiger partial charge in [-0.2, -0.15) is 0 Å². The van der Waals surface area contributed by atoms with Gasteiger partial charge in [0, 0.05) is 6.42 Å². The zero-order valence-corrected chi connectivity index (χ0v) is 14.1. The molecule has 0 radical (unpaired) electrons. The lowest BCUT2D eigenvalue weighted by molar-refractivity contribution is -0.117. The summed E-state index contributed by atoms with van der Waals surface area (Å²) in [5, 5.41) is 10.2. The third-order valence-electron chi connectivity index (χ3n) is 5.80. The quantitative estimate of drug-likeness (QED) is 0.818. The first-order valence-electron chi connectivity index (χ1n) is 8.62. The molecule has 2 fully saturated rings. The summed E-state index contributed by atoms with van der Waals surface area (Å²) in [7, 11) is 0. The van der Waals surface area contributed by atoms with E-state index in [0.717, 1.165) is 19.3 Å². The molecule has 2 nitrogen and oxygen atoms in total. The van der Waals surface area contributed by atoms with Gasteiger partial charge in [-0.3, -0.25) is 0 Å². The Morgan fingerprint density at radius 3 is 2.55 bits per heavy atom. The van der Waals surface area contributed by atoms with E-state index < -0.39 is 0 Å². The summed E-state index contributed by atoms with van der Waals surface area (Å²) in [6, 6.07) is 0. The molecule has 118 valence electrons. The number of fused-ring (bicyclic) bond motifs is 1. The molecule has 1 N–H and O–H groups in total. The lowest BCUT2D eigenvalue weighted by atomic mass is 9.61. The molecule has 0 bridgehead atoms. The molecule has 0 aromatic heterocycles. The van der Waals surface area contributed by atoms with Crippen LogP contribution in [0.1, 0.15) is 79.6 Å². The number of carbonyl (C=O) groups is 1. The number of Topliss-reactive ketones (excluding diaryl/α,β-unsaturated/α-hetero) is 1. The minimum Gasteiger partial charge on any atom is -0.393 e. The van der Waals surface area contributed by atoms with Crippen LogP contribution in [0, 0.1) is 23.2 Å². The Kier molecular flexibility index (Phi) is 6.71. The van der Waals surface area contributed by atoms with Gasteiger partial charge in [0.1, 0.15) is 5.78 Å². The molecule has 0 saturated heterocycles. The van der Waals surface area contributed by atoms with E-state index in [1.165, 1.54) is 25.7 Å². The van der Waals surface area contributed by atoms with E-state index in [1.807, 2.05) is 13.8 Å². The smallest absolute Gasteiger partial charge is 0.129 e. The molecule has 2 aliphatic rings. The standard InChI is InChI=1S/C16H28O2.C2H6/c1-11(6-7-12(2)17)13-8-9-14-15(18)5-4-10-16(13,14)3;1-2/h11,13-15,18H,4-10H2,1-3H3;1-2H3. The number of aliphatic hydroxyl groups is 1. The van der Waals surface area contributed by atoms with Gasteiger partial charge in [-0.1, -0.05) is 34.1 Å². The Morgan fingerprint density at radius 1 is 1.30 bits per heavy atom. The van der Waals surface area contributed by atoms with Crippen LogP contribution in [0.3, 0.4) is 0 Å². The number of aliphatic hydroxyl groups excluding tert-OH is 1. The molecule has 2 heteroatoms. The molecule has 5 atom stereocenters. The molecular formula is C18H34O2. The first-order chi connectivity index (χ1) is 9.45. The first-order valence-corrected chi connectivity index (χ1v) is 8.62. The molecule has 20 heavy (non-hydrogen) atoms. The maximum Gasteiger partial charge on any atom is 0.129 e.